The van der Waals surface area contributed by atoms with Crippen LogP contribution in [0, 0.1) is 0 Å². The number of fused-ring (bicyclic) bond motifs is 4. The molecule has 0 radical (unpaired) electrons. The first kappa shape index (κ1) is 68.6. The molecule has 9 aromatic carbocycles. The van der Waals surface area contributed by atoms with Crippen molar-refractivity contribution < 1.29 is 52.4 Å². The van der Waals surface area contributed by atoms with Gasteiger partial charge in [-0.05, 0) is 115 Å². The van der Waals surface area contributed by atoms with Crippen LogP contribution in [0.3, 0.4) is 0 Å². The fourth-order valence-electron chi connectivity index (χ4n) is 10.8. The summed E-state index contributed by atoms with van der Waals surface area (Å²) >= 11 is 0. The van der Waals surface area contributed by atoms with Crippen LogP contribution in [0.15, 0.2) is 217 Å². The molecule has 19 heteroatoms. The molecule has 0 fully saturated rings. The number of ether oxygens (including phenoxy) is 2. The van der Waals surface area contributed by atoms with E-state index in [9.17, 15) is 32.7 Å². The summed E-state index contributed by atoms with van der Waals surface area (Å²) in [6.45, 7) is 6.58. The van der Waals surface area contributed by atoms with Crippen molar-refractivity contribution in [2.45, 2.75) is 76.7 Å². The fraction of sp³-hybridized carbons (Fsp3) is 0.211. The summed E-state index contributed by atoms with van der Waals surface area (Å²) in [6, 6.07) is 64.5. The summed E-state index contributed by atoms with van der Waals surface area (Å²) in [6.07, 6.45) is 9.49. The van der Waals surface area contributed by atoms with E-state index < -0.39 is 40.2 Å². The molecule has 11 aromatic rings. The normalized spacial score (nSPS) is 11.1. The molecule has 0 aliphatic carbocycles. The second-order valence-corrected chi connectivity index (χ2v) is 24.1. The van der Waals surface area contributed by atoms with E-state index in [1.807, 2.05) is 73.7 Å². The molecule has 0 unspecified atom stereocenters. The molecule has 2 aromatic heterocycles. The number of hydrogen-bond acceptors (Lipinski definition) is 13. The van der Waals surface area contributed by atoms with Crippen molar-refractivity contribution >= 4 is 100 Å². The Balaban J connectivity index is 0.000000180. The molecule has 0 aliphatic heterocycles. The minimum atomic E-state index is -3.91. The van der Waals surface area contributed by atoms with Crippen LogP contribution in [0.5, 0.6) is 11.5 Å². The minimum absolute atomic E-state index is 0.0124. The number of carboxylic acids is 2. The Morgan fingerprint density at radius 3 is 1.65 bits per heavy atom. The van der Waals surface area contributed by atoms with Crippen molar-refractivity contribution in [3.8, 4) is 22.6 Å². The third-order valence-electron chi connectivity index (χ3n) is 15.5. The first-order chi connectivity index (χ1) is 46.2. The van der Waals surface area contributed by atoms with Crippen LogP contribution in [0.4, 0.5) is 22.7 Å². The first-order valence-electron chi connectivity index (χ1n) is 31.7. The molecule has 18 nitrogen and oxygen atoms in total. The van der Waals surface area contributed by atoms with Gasteiger partial charge in [-0.15, -0.1) is 0 Å². The zero-order chi connectivity index (χ0) is 66.9. The Labute approximate surface area is 552 Å². The zero-order valence-electron chi connectivity index (χ0n) is 53.0. The Bertz CT molecular complexity index is 4390. The maximum atomic E-state index is 12.4. The molecule has 0 saturated heterocycles. The summed E-state index contributed by atoms with van der Waals surface area (Å²) < 4.78 is 38.2. The zero-order valence-corrected chi connectivity index (χ0v) is 53.8. The van der Waals surface area contributed by atoms with Gasteiger partial charge in [-0.1, -0.05) is 179 Å². The summed E-state index contributed by atoms with van der Waals surface area (Å²) in [5.74, 6) is -2.94. The van der Waals surface area contributed by atoms with E-state index >= 15 is 0 Å². The van der Waals surface area contributed by atoms with Gasteiger partial charge >= 0.3 is 11.9 Å². The monoisotopic (exact) mass is 1300 g/mol. The Hall–Kier alpha value is -10.7. The molecular weight excluding hydrogens is 1220 g/mol. The summed E-state index contributed by atoms with van der Waals surface area (Å²) in [4.78, 5) is 55.3. The number of aryl methyl sites for hydroxylation is 1. The van der Waals surface area contributed by atoms with Gasteiger partial charge < -0.3 is 46.1 Å². The number of carbonyl (C=O) groups is 4. The summed E-state index contributed by atoms with van der Waals surface area (Å²) in [5, 5.41) is 44.6. The molecule has 488 valence electrons. The maximum absolute atomic E-state index is 12.4. The number of pyridine rings is 2. The number of phenols is 1. The third-order valence-corrected chi connectivity index (χ3v) is 16.9. The topological polar surface area (TPSA) is 267 Å². The highest BCUT2D eigenvalue weighted by atomic mass is 32.2. The molecule has 0 atom stereocenters. The number of aromatic nitrogens is 2. The lowest BCUT2D eigenvalue weighted by Crippen LogP contribution is -2.32. The summed E-state index contributed by atoms with van der Waals surface area (Å²) in [5.41, 5.74) is 11.2. The standard InChI is InChI=1S/C39H44N4O.C21H18N2O6S.C16H15NO4/c1-3-17-28-18-15-21-31-36(28)42-33-23-11-9-19-29(33)37(31)40-26-13-7-5-6-8-14-27-41-38-30-20-10-12-24-34(30)43-39-32(38)22-16-25-35(39)44-4-2;24-19-12-16(8-11-18(19)21(26)27)23-20(25)13-22-30(28,29)17-9-6-15(7-10-17)14-4-2-1-3-5-14;18-15(11-21-10-12-4-2-1-3-5-12)17-14-8-6-13(7-9-14)16(19)20/h9-12,15-16,18-25H,3-8,13-14,17,26-27H2,1-2H3,(H,40,42)(H,41,43);1-12,22,24H,13H2,(H,23,25)(H,26,27);1-9H,10-11H2,(H,17,18)(H,19,20). The molecular formula is C76H77N7O11S. The molecule has 11 rings (SSSR count). The molecule has 8 N–H and O–H groups in total. The number of nitrogens with one attached hydrogen (secondary N) is 5. The lowest BCUT2D eigenvalue weighted by Gasteiger charge is -2.15. The number of anilines is 4. The van der Waals surface area contributed by atoms with Crippen molar-refractivity contribution in [2.75, 3.05) is 54.1 Å². The van der Waals surface area contributed by atoms with Crippen molar-refractivity contribution in [3.63, 3.8) is 0 Å². The first-order valence-corrected chi connectivity index (χ1v) is 33.2. The number of benzene rings is 9. The van der Waals surface area contributed by atoms with Gasteiger partial charge in [0, 0.05) is 52.1 Å². The van der Waals surface area contributed by atoms with E-state index in [1.54, 1.807) is 24.3 Å². The van der Waals surface area contributed by atoms with E-state index in [0.717, 1.165) is 105 Å². The van der Waals surface area contributed by atoms with Gasteiger partial charge in [0.2, 0.25) is 21.8 Å². The van der Waals surface area contributed by atoms with Gasteiger partial charge in [-0.25, -0.2) is 32.7 Å². The molecule has 0 aliphatic rings. The molecule has 2 amide bonds. The third kappa shape index (κ3) is 19.2. The highest BCUT2D eigenvalue weighted by molar-refractivity contribution is 7.89. The predicted molar refractivity (Wildman–Crippen MR) is 377 cm³/mol. The number of carboxylic acid groups (broad SMARTS) is 2. The smallest absolute Gasteiger partial charge is 0.339 e. The number of unbranched alkanes of at least 4 members (excludes halogenated alkanes) is 5. The molecule has 95 heavy (non-hydrogen) atoms. The summed E-state index contributed by atoms with van der Waals surface area (Å²) in [7, 11) is -3.91. The number of para-hydroxylation sites is 4. The Morgan fingerprint density at radius 1 is 0.516 bits per heavy atom. The Morgan fingerprint density at radius 2 is 1.05 bits per heavy atom. The van der Waals surface area contributed by atoms with E-state index in [2.05, 4.69) is 112 Å². The lowest BCUT2D eigenvalue weighted by atomic mass is 10.0. The number of amides is 2. The van der Waals surface area contributed by atoms with Gasteiger partial charge in [0.25, 0.3) is 0 Å². The fourth-order valence-corrected chi connectivity index (χ4v) is 11.8. The van der Waals surface area contributed by atoms with Gasteiger partial charge in [0.05, 0.1) is 58.1 Å². The van der Waals surface area contributed by atoms with Crippen LogP contribution in [-0.4, -0.2) is 90.3 Å². The van der Waals surface area contributed by atoms with E-state index in [0.29, 0.717) is 18.9 Å². The number of sulfonamides is 1. The second-order valence-electron chi connectivity index (χ2n) is 22.3. The molecule has 2 heterocycles. The van der Waals surface area contributed by atoms with Gasteiger partial charge in [-0.3, -0.25) is 9.59 Å². The van der Waals surface area contributed by atoms with E-state index in [1.165, 1.54) is 84.5 Å². The van der Waals surface area contributed by atoms with Crippen LogP contribution in [0.1, 0.15) is 90.6 Å². The predicted octanol–water partition coefficient (Wildman–Crippen LogP) is 15.5. The van der Waals surface area contributed by atoms with E-state index in [4.69, 9.17) is 29.7 Å². The molecule has 0 saturated carbocycles. The highest BCUT2D eigenvalue weighted by Crippen LogP contribution is 2.36. The number of rotatable bonds is 28. The van der Waals surface area contributed by atoms with Crippen molar-refractivity contribution in [2.24, 2.45) is 0 Å². The number of aromatic hydroxyl groups is 1. The largest absolute Gasteiger partial charge is 0.507 e. The van der Waals surface area contributed by atoms with Gasteiger partial charge in [-0.2, -0.15) is 0 Å². The Kier molecular flexibility index (Phi) is 24.7. The van der Waals surface area contributed by atoms with Crippen LogP contribution >= 0.6 is 0 Å². The van der Waals surface area contributed by atoms with E-state index in [-0.39, 0.29) is 34.2 Å². The quantitative estimate of drug-likeness (QED) is 0.0167. The van der Waals surface area contributed by atoms with Gasteiger partial charge in [0.15, 0.2) is 0 Å². The number of carbonyl (C=O) groups excluding carboxylic acids is 2. The van der Waals surface area contributed by atoms with Crippen LogP contribution in [-0.2, 0) is 37.4 Å². The van der Waals surface area contributed by atoms with Crippen LogP contribution in [0.25, 0.3) is 54.7 Å². The average Bonchev–Trinajstić information content (AvgIpc) is 0.787. The molecule has 0 bridgehead atoms. The van der Waals surface area contributed by atoms with Crippen molar-refractivity contribution in [1.29, 1.82) is 0 Å². The highest BCUT2D eigenvalue weighted by Gasteiger charge is 2.18. The number of aromatic carboxylic acids is 2. The maximum Gasteiger partial charge on any atom is 0.339 e. The average molecular weight is 1300 g/mol. The lowest BCUT2D eigenvalue weighted by molar-refractivity contribution is -0.121. The SMILES string of the molecule is CCCc1cccc2c(NCCCCCCCCNc3c4ccccc4nc4c(OCC)cccc34)c3ccccc3nc12.O=C(CNS(=O)(=O)c1ccc(-c2ccccc2)cc1)Nc1ccc(C(=O)O)c(O)c1.O=C(COCc1ccccc1)Nc1ccc(C(=O)O)cc1. The van der Waals surface area contributed by atoms with Crippen LogP contribution in [0.2, 0.25) is 0 Å². The van der Waals surface area contributed by atoms with Crippen molar-refractivity contribution in [1.82, 2.24) is 14.7 Å². The van der Waals surface area contributed by atoms with Crippen LogP contribution < -0.4 is 30.7 Å². The molecule has 0 spiro atoms. The van der Waals surface area contributed by atoms with Gasteiger partial charge in [0.1, 0.15) is 29.2 Å². The minimum Gasteiger partial charge on any atom is -0.507 e. The number of nitrogens with zero attached hydrogens (tertiary/aromatic N) is 2. The number of hydrogen-bond donors (Lipinski definition) is 8. The van der Waals surface area contributed by atoms with Crippen molar-refractivity contribution in [3.05, 3.63) is 235 Å². The second kappa shape index (κ2) is 34.3.